The molecule has 0 unspecified atom stereocenters. The van der Waals surface area contributed by atoms with Crippen LogP contribution < -0.4 is 5.32 Å². The lowest BCUT2D eigenvalue weighted by atomic mass is 10.1. The zero-order chi connectivity index (χ0) is 16.2. The van der Waals surface area contributed by atoms with Crippen LogP contribution in [0.4, 0.5) is 0 Å². The SMILES string of the molecule is Cn1nnnc1SCCNC(=O)[C@@H]1CC(=O)N(C2CCCC2)C1. The number of hydrogen-bond donors (Lipinski definition) is 1. The van der Waals surface area contributed by atoms with Crippen molar-refractivity contribution in [1.82, 2.24) is 30.4 Å². The van der Waals surface area contributed by atoms with E-state index in [9.17, 15) is 9.59 Å². The Balaban J connectivity index is 1.40. The molecule has 0 aromatic carbocycles. The Kier molecular flexibility index (Phi) is 5.14. The number of aryl methyl sites for hydroxylation is 1. The van der Waals surface area contributed by atoms with Gasteiger partial charge in [0.1, 0.15) is 0 Å². The third kappa shape index (κ3) is 3.82. The zero-order valence-electron chi connectivity index (χ0n) is 13.3. The molecule has 0 radical (unpaired) electrons. The van der Waals surface area contributed by atoms with Gasteiger partial charge in [0.2, 0.25) is 17.0 Å². The second-order valence-corrected chi connectivity index (χ2v) is 7.17. The second kappa shape index (κ2) is 7.29. The average molecular weight is 338 g/mol. The van der Waals surface area contributed by atoms with Crippen LogP contribution in [-0.4, -0.2) is 61.8 Å². The Morgan fingerprint density at radius 2 is 2.17 bits per heavy atom. The van der Waals surface area contributed by atoms with Crippen molar-refractivity contribution in [2.24, 2.45) is 13.0 Å². The lowest BCUT2D eigenvalue weighted by Gasteiger charge is -2.23. The molecule has 2 fully saturated rings. The van der Waals surface area contributed by atoms with Crippen LogP contribution in [0.3, 0.4) is 0 Å². The number of nitrogens with zero attached hydrogens (tertiary/aromatic N) is 5. The van der Waals surface area contributed by atoms with E-state index in [1.54, 1.807) is 11.7 Å². The Morgan fingerprint density at radius 1 is 1.39 bits per heavy atom. The number of carbonyl (C=O) groups excluding carboxylic acids is 2. The van der Waals surface area contributed by atoms with Gasteiger partial charge in [0.05, 0.1) is 5.92 Å². The molecule has 1 atom stereocenters. The molecule has 23 heavy (non-hydrogen) atoms. The van der Waals surface area contributed by atoms with Crippen molar-refractivity contribution in [3.05, 3.63) is 0 Å². The Bertz CT molecular complexity index is 571. The summed E-state index contributed by atoms with van der Waals surface area (Å²) in [6, 6.07) is 0.360. The highest BCUT2D eigenvalue weighted by Gasteiger charge is 2.38. The van der Waals surface area contributed by atoms with Crippen molar-refractivity contribution >= 4 is 23.6 Å². The van der Waals surface area contributed by atoms with Crippen molar-refractivity contribution in [2.45, 2.75) is 43.3 Å². The molecule has 1 N–H and O–H groups in total. The molecule has 8 nitrogen and oxygen atoms in total. The lowest BCUT2D eigenvalue weighted by Crippen LogP contribution is -2.37. The molecule has 2 aliphatic rings. The van der Waals surface area contributed by atoms with Gasteiger partial charge in [0.15, 0.2) is 0 Å². The third-order valence-corrected chi connectivity index (χ3v) is 5.52. The summed E-state index contributed by atoms with van der Waals surface area (Å²) in [5.74, 6) is 0.615. The van der Waals surface area contributed by atoms with Gasteiger partial charge in [-0.3, -0.25) is 9.59 Å². The number of tetrazole rings is 1. The summed E-state index contributed by atoms with van der Waals surface area (Å²) in [5.41, 5.74) is 0. The minimum Gasteiger partial charge on any atom is -0.355 e. The van der Waals surface area contributed by atoms with Gasteiger partial charge in [-0.05, 0) is 23.3 Å². The summed E-state index contributed by atoms with van der Waals surface area (Å²) in [4.78, 5) is 26.3. The van der Waals surface area contributed by atoms with Crippen LogP contribution in [0.2, 0.25) is 0 Å². The molecule has 1 saturated carbocycles. The molecule has 2 heterocycles. The predicted molar refractivity (Wildman–Crippen MR) is 84.6 cm³/mol. The van der Waals surface area contributed by atoms with Gasteiger partial charge < -0.3 is 10.2 Å². The van der Waals surface area contributed by atoms with Gasteiger partial charge in [-0.1, -0.05) is 24.6 Å². The summed E-state index contributed by atoms with van der Waals surface area (Å²) in [6.45, 7) is 1.13. The van der Waals surface area contributed by atoms with Crippen molar-refractivity contribution in [3.8, 4) is 0 Å². The fourth-order valence-corrected chi connectivity index (χ4v) is 3.98. The number of rotatable bonds is 6. The van der Waals surface area contributed by atoms with E-state index in [1.807, 2.05) is 4.90 Å². The van der Waals surface area contributed by atoms with E-state index in [1.165, 1.54) is 24.6 Å². The van der Waals surface area contributed by atoms with Crippen molar-refractivity contribution in [2.75, 3.05) is 18.8 Å². The Hall–Kier alpha value is -1.64. The topological polar surface area (TPSA) is 93.0 Å². The molecule has 0 spiro atoms. The molecule has 1 aromatic heterocycles. The number of aromatic nitrogens is 4. The van der Waals surface area contributed by atoms with E-state index >= 15 is 0 Å². The van der Waals surface area contributed by atoms with E-state index < -0.39 is 0 Å². The first kappa shape index (κ1) is 16.2. The molecule has 9 heteroatoms. The van der Waals surface area contributed by atoms with Gasteiger partial charge in [-0.2, -0.15) is 0 Å². The number of hydrogen-bond acceptors (Lipinski definition) is 6. The number of thioether (sulfide) groups is 1. The van der Waals surface area contributed by atoms with E-state index in [0.29, 0.717) is 31.3 Å². The highest BCUT2D eigenvalue weighted by molar-refractivity contribution is 7.99. The van der Waals surface area contributed by atoms with Gasteiger partial charge in [-0.15, -0.1) is 5.10 Å². The quantitative estimate of drug-likeness (QED) is 0.589. The smallest absolute Gasteiger partial charge is 0.225 e. The number of likely N-dealkylation sites (tertiary alicyclic amines) is 1. The normalized spacial score (nSPS) is 22.0. The van der Waals surface area contributed by atoms with Crippen LogP contribution in [0.5, 0.6) is 0 Å². The Morgan fingerprint density at radius 3 is 2.87 bits per heavy atom. The molecule has 1 aliphatic heterocycles. The maximum Gasteiger partial charge on any atom is 0.225 e. The fourth-order valence-electron chi connectivity index (χ4n) is 3.28. The summed E-state index contributed by atoms with van der Waals surface area (Å²) >= 11 is 1.49. The highest BCUT2D eigenvalue weighted by atomic mass is 32.2. The van der Waals surface area contributed by atoms with Gasteiger partial charge in [-0.25, -0.2) is 4.68 Å². The molecule has 3 rings (SSSR count). The second-order valence-electron chi connectivity index (χ2n) is 6.11. The third-order valence-electron chi connectivity index (χ3n) is 4.51. The van der Waals surface area contributed by atoms with Crippen LogP contribution in [0.15, 0.2) is 5.16 Å². The minimum atomic E-state index is -0.204. The lowest BCUT2D eigenvalue weighted by molar-refractivity contribution is -0.130. The standard InChI is InChI=1S/C14H22N6O2S/c1-19-14(16-17-18-19)23-7-6-15-13(22)10-8-12(21)20(9-10)11-4-2-3-5-11/h10-11H,2-9H2,1H3,(H,15,22)/t10-/m1/s1. The van der Waals surface area contributed by atoms with Crippen LogP contribution in [0.1, 0.15) is 32.1 Å². The molecule has 1 aromatic rings. The van der Waals surface area contributed by atoms with E-state index in [4.69, 9.17) is 0 Å². The van der Waals surface area contributed by atoms with Crippen LogP contribution >= 0.6 is 11.8 Å². The van der Waals surface area contributed by atoms with E-state index in [-0.39, 0.29) is 17.7 Å². The molecule has 0 bridgehead atoms. The first-order valence-corrected chi connectivity index (χ1v) is 9.06. The van der Waals surface area contributed by atoms with Crippen molar-refractivity contribution < 1.29 is 9.59 Å². The Labute approximate surface area is 139 Å². The molecule has 126 valence electrons. The van der Waals surface area contributed by atoms with Gasteiger partial charge in [0.25, 0.3) is 0 Å². The number of carbonyl (C=O) groups is 2. The molecular formula is C14H22N6O2S. The van der Waals surface area contributed by atoms with Crippen molar-refractivity contribution in [1.29, 1.82) is 0 Å². The first-order chi connectivity index (χ1) is 11.1. The van der Waals surface area contributed by atoms with Crippen molar-refractivity contribution in [3.63, 3.8) is 0 Å². The number of amides is 2. The average Bonchev–Trinajstić information content (AvgIpc) is 3.25. The van der Waals surface area contributed by atoms with E-state index in [2.05, 4.69) is 20.8 Å². The summed E-state index contributed by atoms with van der Waals surface area (Å²) in [7, 11) is 1.78. The fraction of sp³-hybridized carbons (Fsp3) is 0.786. The largest absolute Gasteiger partial charge is 0.355 e. The van der Waals surface area contributed by atoms with E-state index in [0.717, 1.165) is 18.0 Å². The van der Waals surface area contributed by atoms with Gasteiger partial charge >= 0.3 is 0 Å². The minimum absolute atomic E-state index is 0.0180. The molecule has 1 aliphatic carbocycles. The van der Waals surface area contributed by atoms with Crippen LogP contribution in [0.25, 0.3) is 0 Å². The summed E-state index contributed by atoms with van der Waals surface area (Å²) in [6.07, 6.45) is 4.91. The molecule has 1 saturated heterocycles. The molecular weight excluding hydrogens is 316 g/mol. The zero-order valence-corrected chi connectivity index (χ0v) is 14.1. The van der Waals surface area contributed by atoms with Gasteiger partial charge in [0, 0.05) is 38.4 Å². The highest BCUT2D eigenvalue weighted by Crippen LogP contribution is 2.29. The first-order valence-electron chi connectivity index (χ1n) is 8.07. The maximum atomic E-state index is 12.2. The predicted octanol–water partition coefficient (Wildman–Crippen LogP) is 0.210. The monoisotopic (exact) mass is 338 g/mol. The van der Waals surface area contributed by atoms with Crippen LogP contribution in [-0.2, 0) is 16.6 Å². The maximum absolute atomic E-state index is 12.2. The molecule has 2 amide bonds. The van der Waals surface area contributed by atoms with Crippen LogP contribution in [0, 0.1) is 5.92 Å². The summed E-state index contributed by atoms with van der Waals surface area (Å²) < 4.78 is 1.60. The summed E-state index contributed by atoms with van der Waals surface area (Å²) in [5, 5.41) is 14.8. The number of nitrogens with one attached hydrogen (secondary N) is 1.